The first-order chi connectivity index (χ1) is 18.8. The fraction of sp³-hybridized carbons (Fsp3) is 0.379. The monoisotopic (exact) mass is 592 g/mol. The number of rotatable bonds is 5. The van der Waals surface area contributed by atoms with Gasteiger partial charge in [0.25, 0.3) is 5.56 Å². The molecule has 2 aromatic carbocycles. The second-order valence-electron chi connectivity index (χ2n) is 11.1. The largest absolute Gasteiger partial charge is 0.495 e. The SMILES string of the molecule is COc1ccccc1-n1c(O)c(C=NC(=O)Nc2cc(C34CC5CC(CC(C5)C3)C4)ccc2Br)c(=O)[nH]c1=O. The number of anilines is 1. The number of aromatic nitrogens is 2. The fourth-order valence-electron chi connectivity index (χ4n) is 7.38. The summed E-state index contributed by atoms with van der Waals surface area (Å²) in [4.78, 5) is 43.9. The predicted molar refractivity (Wildman–Crippen MR) is 151 cm³/mol. The number of urea groups is 1. The standard InChI is InChI=1S/C29H29BrN4O5/c1-39-24-5-3-2-4-23(24)34-26(36)20(25(35)33-28(34)38)15-31-27(37)32-22-11-19(6-7-21(22)30)29-12-16-8-17(13-29)10-18(9-16)14-29/h2-7,11,15-18,36H,8-10,12-14H2,1H3,(H,32,37)(H,33,35,38). The lowest BCUT2D eigenvalue weighted by Crippen LogP contribution is -2.48. The Bertz CT molecular complexity index is 1570. The number of hydrogen-bond donors (Lipinski definition) is 3. The van der Waals surface area contributed by atoms with Crippen LogP contribution >= 0.6 is 15.9 Å². The first-order valence-corrected chi connectivity index (χ1v) is 13.9. The third-order valence-electron chi connectivity index (χ3n) is 8.62. The summed E-state index contributed by atoms with van der Waals surface area (Å²) in [6.07, 6.45) is 8.62. The zero-order chi connectivity index (χ0) is 27.3. The Morgan fingerprint density at radius 3 is 2.46 bits per heavy atom. The van der Waals surface area contributed by atoms with Crippen LogP contribution in [0.3, 0.4) is 0 Å². The average molecular weight is 593 g/mol. The van der Waals surface area contributed by atoms with Crippen LogP contribution in [0.5, 0.6) is 11.6 Å². The predicted octanol–water partition coefficient (Wildman–Crippen LogP) is 5.12. The van der Waals surface area contributed by atoms with E-state index in [0.29, 0.717) is 11.4 Å². The van der Waals surface area contributed by atoms with Crippen molar-refractivity contribution in [1.29, 1.82) is 0 Å². The number of H-pyrrole nitrogens is 1. The van der Waals surface area contributed by atoms with E-state index in [4.69, 9.17) is 4.74 Å². The molecule has 2 amide bonds. The molecule has 202 valence electrons. The molecule has 4 saturated carbocycles. The molecule has 0 saturated heterocycles. The number of benzene rings is 2. The molecule has 3 N–H and O–H groups in total. The van der Waals surface area contributed by atoms with E-state index in [1.807, 2.05) is 12.1 Å². The average Bonchev–Trinajstić information content (AvgIpc) is 2.89. The van der Waals surface area contributed by atoms with Crippen LogP contribution in [0.1, 0.15) is 49.7 Å². The lowest BCUT2D eigenvalue weighted by molar-refractivity contribution is -0.00517. The lowest BCUT2D eigenvalue weighted by Gasteiger charge is -2.57. The van der Waals surface area contributed by atoms with Gasteiger partial charge in [0, 0.05) is 4.47 Å². The normalized spacial score (nSPS) is 25.2. The van der Waals surface area contributed by atoms with E-state index in [1.165, 1.54) is 51.2 Å². The van der Waals surface area contributed by atoms with Crippen molar-refractivity contribution in [3.8, 4) is 17.3 Å². The minimum Gasteiger partial charge on any atom is -0.495 e. The van der Waals surface area contributed by atoms with Gasteiger partial charge in [0.05, 0.1) is 24.7 Å². The van der Waals surface area contributed by atoms with Gasteiger partial charge in [-0.3, -0.25) is 9.78 Å². The molecule has 1 aromatic heterocycles. The molecule has 39 heavy (non-hydrogen) atoms. The van der Waals surface area contributed by atoms with Gasteiger partial charge in [-0.15, -0.1) is 0 Å². The molecule has 0 atom stereocenters. The van der Waals surface area contributed by atoms with E-state index in [0.717, 1.165) is 33.0 Å². The number of nitrogens with zero attached hydrogens (tertiary/aromatic N) is 2. The molecule has 4 aliphatic carbocycles. The van der Waals surface area contributed by atoms with Gasteiger partial charge in [-0.1, -0.05) is 18.2 Å². The number of ether oxygens (including phenoxy) is 1. The highest BCUT2D eigenvalue weighted by molar-refractivity contribution is 9.10. The van der Waals surface area contributed by atoms with E-state index in [-0.39, 0.29) is 16.7 Å². The molecular formula is C29H29BrN4O5. The summed E-state index contributed by atoms with van der Waals surface area (Å²) in [5.74, 6) is 2.05. The van der Waals surface area contributed by atoms with Gasteiger partial charge in [-0.2, -0.15) is 0 Å². The molecule has 0 unspecified atom stereocenters. The number of hydrogen-bond acceptors (Lipinski definition) is 5. The quantitative estimate of drug-likeness (QED) is 0.354. The Morgan fingerprint density at radius 2 is 1.79 bits per heavy atom. The number of carbonyl (C=O) groups is 1. The number of carbonyl (C=O) groups excluding carboxylic acids is 1. The van der Waals surface area contributed by atoms with Gasteiger partial charge in [0.2, 0.25) is 5.88 Å². The van der Waals surface area contributed by atoms with Crippen molar-refractivity contribution in [2.45, 2.75) is 43.9 Å². The minimum atomic E-state index is -0.870. The highest BCUT2D eigenvalue weighted by Crippen LogP contribution is 2.61. The van der Waals surface area contributed by atoms with Gasteiger partial charge < -0.3 is 15.2 Å². The molecule has 4 bridgehead atoms. The Hall–Kier alpha value is -3.66. The van der Waals surface area contributed by atoms with Gasteiger partial charge in [0.1, 0.15) is 11.3 Å². The van der Waals surface area contributed by atoms with Gasteiger partial charge in [-0.25, -0.2) is 19.1 Å². The van der Waals surface area contributed by atoms with Crippen LogP contribution in [-0.2, 0) is 5.41 Å². The maximum atomic E-state index is 12.8. The number of amides is 2. The van der Waals surface area contributed by atoms with Crippen LogP contribution in [0.4, 0.5) is 10.5 Å². The van der Waals surface area contributed by atoms with E-state index in [1.54, 1.807) is 24.3 Å². The summed E-state index contributed by atoms with van der Waals surface area (Å²) in [6, 6.07) is 12.0. The Labute approximate surface area is 233 Å². The smallest absolute Gasteiger partial charge is 0.345 e. The summed E-state index contributed by atoms with van der Waals surface area (Å²) in [5, 5.41) is 13.6. The Kier molecular flexibility index (Phi) is 6.45. The molecule has 4 aliphatic rings. The second kappa shape index (κ2) is 9.82. The number of aliphatic imine (C=N–C) groups is 1. The minimum absolute atomic E-state index is 0.170. The van der Waals surface area contributed by atoms with Crippen molar-refractivity contribution in [2.75, 3.05) is 12.4 Å². The molecule has 0 spiro atoms. The zero-order valence-electron chi connectivity index (χ0n) is 21.4. The Balaban J connectivity index is 1.27. The lowest BCUT2D eigenvalue weighted by atomic mass is 9.48. The first-order valence-electron chi connectivity index (χ1n) is 13.1. The van der Waals surface area contributed by atoms with Crippen LogP contribution in [0.15, 0.2) is 61.5 Å². The summed E-state index contributed by atoms with van der Waals surface area (Å²) < 4.78 is 6.90. The molecule has 0 radical (unpaired) electrons. The highest BCUT2D eigenvalue weighted by Gasteiger charge is 2.51. The second-order valence-corrected chi connectivity index (χ2v) is 11.9. The van der Waals surface area contributed by atoms with Crippen molar-refractivity contribution in [3.63, 3.8) is 0 Å². The fourth-order valence-corrected chi connectivity index (χ4v) is 7.72. The van der Waals surface area contributed by atoms with E-state index < -0.39 is 23.2 Å². The topological polar surface area (TPSA) is 126 Å². The number of aromatic hydroxyl groups is 1. The number of aromatic amines is 1. The summed E-state index contributed by atoms with van der Waals surface area (Å²) in [5.41, 5.74) is 0.188. The summed E-state index contributed by atoms with van der Waals surface area (Å²) >= 11 is 3.53. The molecule has 3 aromatic rings. The maximum Gasteiger partial charge on any atom is 0.345 e. The molecule has 9 nitrogen and oxygen atoms in total. The van der Waals surface area contributed by atoms with Gasteiger partial charge >= 0.3 is 11.7 Å². The van der Waals surface area contributed by atoms with Crippen LogP contribution in [0, 0.1) is 17.8 Å². The number of para-hydroxylation sites is 2. The molecule has 10 heteroatoms. The zero-order valence-corrected chi connectivity index (χ0v) is 23.0. The van der Waals surface area contributed by atoms with Crippen molar-refractivity contribution in [3.05, 3.63) is 78.9 Å². The number of methoxy groups -OCH3 is 1. The van der Waals surface area contributed by atoms with Crippen LogP contribution in [-0.4, -0.2) is 34.0 Å². The van der Waals surface area contributed by atoms with Crippen molar-refractivity contribution in [2.24, 2.45) is 22.7 Å². The van der Waals surface area contributed by atoms with Crippen LogP contribution in [0.25, 0.3) is 5.69 Å². The molecule has 7 rings (SSSR count). The van der Waals surface area contributed by atoms with E-state index in [2.05, 4.69) is 37.3 Å². The molecule has 1 heterocycles. The van der Waals surface area contributed by atoms with Crippen LogP contribution in [0.2, 0.25) is 0 Å². The molecule has 0 aliphatic heterocycles. The third-order valence-corrected chi connectivity index (χ3v) is 9.31. The number of nitrogens with one attached hydrogen (secondary N) is 2. The maximum absolute atomic E-state index is 12.8. The third kappa shape index (κ3) is 4.60. The van der Waals surface area contributed by atoms with E-state index in [9.17, 15) is 19.5 Å². The first kappa shape index (κ1) is 25.6. The Morgan fingerprint density at radius 1 is 1.13 bits per heavy atom. The molecular weight excluding hydrogens is 564 g/mol. The molecule has 4 fully saturated rings. The van der Waals surface area contributed by atoms with Gasteiger partial charge in [-0.05, 0) is 107 Å². The van der Waals surface area contributed by atoms with Crippen molar-refractivity contribution in [1.82, 2.24) is 9.55 Å². The van der Waals surface area contributed by atoms with Gasteiger partial charge in [0.15, 0.2) is 0 Å². The van der Waals surface area contributed by atoms with Crippen molar-refractivity contribution < 1.29 is 14.6 Å². The van der Waals surface area contributed by atoms with Crippen molar-refractivity contribution >= 4 is 33.9 Å². The summed E-state index contributed by atoms with van der Waals surface area (Å²) in [6.45, 7) is 0. The number of halogens is 1. The summed E-state index contributed by atoms with van der Waals surface area (Å²) in [7, 11) is 1.43. The van der Waals surface area contributed by atoms with E-state index >= 15 is 0 Å². The highest BCUT2D eigenvalue weighted by atomic mass is 79.9. The van der Waals surface area contributed by atoms with Crippen LogP contribution < -0.4 is 21.3 Å².